The van der Waals surface area contributed by atoms with Gasteiger partial charge >= 0.3 is 0 Å². The van der Waals surface area contributed by atoms with Gasteiger partial charge in [0.25, 0.3) is 0 Å². The first kappa shape index (κ1) is 12.1. The highest BCUT2D eigenvalue weighted by Gasteiger charge is 2.12. The van der Waals surface area contributed by atoms with Crippen molar-refractivity contribution in [3.05, 3.63) is 64.4 Å². The Balaban J connectivity index is 2.42. The molecule has 2 nitrogen and oxygen atoms in total. The van der Waals surface area contributed by atoms with E-state index in [2.05, 4.69) is 22.4 Å². The molecule has 1 aromatic heterocycles. The number of halogens is 1. The van der Waals surface area contributed by atoms with Crippen molar-refractivity contribution in [2.45, 2.75) is 13.0 Å². The van der Waals surface area contributed by atoms with Crippen LogP contribution in [0.25, 0.3) is 0 Å². The largest absolute Gasteiger partial charge is 0.309 e. The van der Waals surface area contributed by atoms with E-state index in [9.17, 15) is 0 Å². The lowest BCUT2D eigenvalue weighted by molar-refractivity contribution is 0.688. The molecule has 2 aromatic rings. The summed E-state index contributed by atoms with van der Waals surface area (Å²) in [7, 11) is 1.94. The van der Waals surface area contributed by atoms with Crippen molar-refractivity contribution in [1.29, 1.82) is 0 Å². The summed E-state index contributed by atoms with van der Waals surface area (Å²) < 4.78 is 0. The maximum absolute atomic E-state index is 6.10. The van der Waals surface area contributed by atoms with Crippen LogP contribution in [0.4, 0.5) is 0 Å². The molecule has 17 heavy (non-hydrogen) atoms. The monoisotopic (exact) mass is 246 g/mol. The number of rotatable bonds is 3. The maximum atomic E-state index is 6.10. The molecule has 0 aliphatic carbocycles. The van der Waals surface area contributed by atoms with Crippen LogP contribution in [-0.4, -0.2) is 12.0 Å². The fraction of sp³-hybridized carbons (Fsp3) is 0.214. The predicted octanol–water partition coefficient (Wildman–Crippen LogP) is 3.35. The van der Waals surface area contributed by atoms with Gasteiger partial charge in [0.2, 0.25) is 0 Å². The summed E-state index contributed by atoms with van der Waals surface area (Å²) >= 11 is 6.10. The number of aromatic nitrogens is 1. The Morgan fingerprint density at radius 2 is 2.06 bits per heavy atom. The number of nitrogens with one attached hydrogen (secondary N) is 1. The first-order valence-corrected chi connectivity index (χ1v) is 5.93. The zero-order valence-corrected chi connectivity index (χ0v) is 10.7. The standard InChI is InChI=1S/C14H15ClN2/c1-10-6-12(8-13(15)7-10)14(16-2)11-4-3-5-17-9-11/h3-9,14,16H,1-2H3. The summed E-state index contributed by atoms with van der Waals surface area (Å²) in [6.07, 6.45) is 3.65. The van der Waals surface area contributed by atoms with Gasteiger partial charge < -0.3 is 5.32 Å². The summed E-state index contributed by atoms with van der Waals surface area (Å²) in [5.41, 5.74) is 3.46. The molecule has 3 heteroatoms. The van der Waals surface area contributed by atoms with Gasteiger partial charge in [-0.05, 0) is 48.9 Å². The highest BCUT2D eigenvalue weighted by Crippen LogP contribution is 2.24. The van der Waals surface area contributed by atoms with Crippen LogP contribution in [0.1, 0.15) is 22.7 Å². The van der Waals surface area contributed by atoms with Crippen LogP contribution in [0.15, 0.2) is 42.7 Å². The summed E-state index contributed by atoms with van der Waals surface area (Å²) in [4.78, 5) is 4.15. The Labute approximate surface area is 107 Å². The van der Waals surface area contributed by atoms with Crippen molar-refractivity contribution < 1.29 is 0 Å². The molecule has 88 valence electrons. The van der Waals surface area contributed by atoms with E-state index in [1.807, 2.05) is 38.4 Å². The highest BCUT2D eigenvalue weighted by molar-refractivity contribution is 6.30. The number of nitrogens with zero attached hydrogens (tertiary/aromatic N) is 1. The Kier molecular flexibility index (Phi) is 3.77. The van der Waals surface area contributed by atoms with Crippen LogP contribution in [0.3, 0.4) is 0 Å². The first-order valence-electron chi connectivity index (χ1n) is 5.55. The predicted molar refractivity (Wildman–Crippen MR) is 71.3 cm³/mol. The smallest absolute Gasteiger partial charge is 0.0590 e. The molecule has 0 bridgehead atoms. The second-order valence-electron chi connectivity index (χ2n) is 4.07. The topological polar surface area (TPSA) is 24.9 Å². The molecule has 1 aromatic carbocycles. The molecule has 1 unspecified atom stereocenters. The van der Waals surface area contributed by atoms with Crippen molar-refractivity contribution in [3.8, 4) is 0 Å². The third kappa shape index (κ3) is 2.84. The molecule has 0 amide bonds. The lowest BCUT2D eigenvalue weighted by atomic mass is 9.99. The van der Waals surface area contributed by atoms with Gasteiger partial charge in [-0.1, -0.05) is 23.7 Å². The molecule has 0 saturated carbocycles. The van der Waals surface area contributed by atoms with Gasteiger partial charge in [0.15, 0.2) is 0 Å². The zero-order chi connectivity index (χ0) is 12.3. The number of pyridine rings is 1. The molecule has 0 saturated heterocycles. The van der Waals surface area contributed by atoms with E-state index < -0.39 is 0 Å². The average molecular weight is 247 g/mol. The third-order valence-electron chi connectivity index (χ3n) is 2.70. The van der Waals surface area contributed by atoms with Crippen molar-refractivity contribution >= 4 is 11.6 Å². The molecule has 1 atom stereocenters. The average Bonchev–Trinajstić information content (AvgIpc) is 2.30. The fourth-order valence-corrected chi connectivity index (χ4v) is 2.30. The van der Waals surface area contributed by atoms with Crippen LogP contribution < -0.4 is 5.32 Å². The third-order valence-corrected chi connectivity index (χ3v) is 2.92. The molecule has 2 rings (SSSR count). The van der Waals surface area contributed by atoms with Gasteiger partial charge in [-0.2, -0.15) is 0 Å². The molecule has 1 heterocycles. The van der Waals surface area contributed by atoms with Gasteiger partial charge in [-0.3, -0.25) is 4.98 Å². The van der Waals surface area contributed by atoms with Gasteiger partial charge in [0, 0.05) is 17.4 Å². The Morgan fingerprint density at radius 1 is 1.24 bits per heavy atom. The van der Waals surface area contributed by atoms with E-state index in [1.54, 1.807) is 6.20 Å². The second kappa shape index (κ2) is 5.30. The zero-order valence-electron chi connectivity index (χ0n) is 9.94. The SMILES string of the molecule is CNC(c1cccnc1)c1cc(C)cc(Cl)c1. The van der Waals surface area contributed by atoms with Crippen molar-refractivity contribution in [2.75, 3.05) is 7.05 Å². The molecule has 0 aliphatic heterocycles. The van der Waals surface area contributed by atoms with E-state index in [-0.39, 0.29) is 6.04 Å². The summed E-state index contributed by atoms with van der Waals surface area (Å²) in [5, 5.41) is 4.06. The van der Waals surface area contributed by atoms with Gasteiger partial charge in [-0.15, -0.1) is 0 Å². The van der Waals surface area contributed by atoms with E-state index in [1.165, 1.54) is 0 Å². The minimum atomic E-state index is 0.126. The second-order valence-corrected chi connectivity index (χ2v) is 4.51. The number of hydrogen-bond acceptors (Lipinski definition) is 2. The minimum Gasteiger partial charge on any atom is -0.309 e. The van der Waals surface area contributed by atoms with Crippen LogP contribution in [-0.2, 0) is 0 Å². The molecule has 0 spiro atoms. The van der Waals surface area contributed by atoms with Gasteiger partial charge in [0.05, 0.1) is 6.04 Å². The summed E-state index contributed by atoms with van der Waals surface area (Å²) in [6.45, 7) is 2.05. The Hall–Kier alpha value is -1.38. The molecule has 1 N–H and O–H groups in total. The van der Waals surface area contributed by atoms with E-state index in [0.29, 0.717) is 0 Å². The maximum Gasteiger partial charge on any atom is 0.0590 e. The van der Waals surface area contributed by atoms with Crippen molar-refractivity contribution in [2.24, 2.45) is 0 Å². The molecule has 0 radical (unpaired) electrons. The quantitative estimate of drug-likeness (QED) is 0.899. The van der Waals surface area contributed by atoms with Crippen LogP contribution in [0.2, 0.25) is 5.02 Å². The molecular formula is C14H15ClN2. The fourth-order valence-electron chi connectivity index (χ4n) is 2.00. The number of benzene rings is 1. The van der Waals surface area contributed by atoms with Gasteiger partial charge in [-0.25, -0.2) is 0 Å². The molecule has 0 aliphatic rings. The Morgan fingerprint density at radius 3 is 2.65 bits per heavy atom. The summed E-state index contributed by atoms with van der Waals surface area (Å²) in [5.74, 6) is 0. The molecular weight excluding hydrogens is 232 g/mol. The first-order chi connectivity index (χ1) is 8.20. The van der Waals surface area contributed by atoms with Crippen LogP contribution in [0.5, 0.6) is 0 Å². The highest BCUT2D eigenvalue weighted by atomic mass is 35.5. The van der Waals surface area contributed by atoms with Crippen molar-refractivity contribution in [1.82, 2.24) is 10.3 Å². The van der Waals surface area contributed by atoms with E-state index in [4.69, 9.17) is 11.6 Å². The number of aryl methyl sites for hydroxylation is 1. The summed E-state index contributed by atoms with van der Waals surface area (Å²) in [6, 6.07) is 10.2. The van der Waals surface area contributed by atoms with E-state index in [0.717, 1.165) is 21.7 Å². The van der Waals surface area contributed by atoms with E-state index >= 15 is 0 Å². The number of hydrogen-bond donors (Lipinski definition) is 1. The molecule has 0 fully saturated rings. The minimum absolute atomic E-state index is 0.126. The van der Waals surface area contributed by atoms with Gasteiger partial charge in [0.1, 0.15) is 0 Å². The lowest BCUT2D eigenvalue weighted by Crippen LogP contribution is -2.17. The van der Waals surface area contributed by atoms with Crippen molar-refractivity contribution in [3.63, 3.8) is 0 Å². The normalized spacial score (nSPS) is 12.4. The van der Waals surface area contributed by atoms with Crippen LogP contribution >= 0.6 is 11.6 Å². The van der Waals surface area contributed by atoms with Crippen LogP contribution in [0, 0.1) is 6.92 Å². The Bertz CT molecular complexity index is 477. The lowest BCUT2D eigenvalue weighted by Gasteiger charge is -2.17.